The molecule has 0 saturated heterocycles. The number of carbonyl (C=O) groups excluding carboxylic acids is 1. The highest BCUT2D eigenvalue weighted by molar-refractivity contribution is 5.82. The molecule has 5 nitrogen and oxygen atoms in total. The average Bonchev–Trinajstić information content (AvgIpc) is 2.16. The molecule has 17 heavy (non-hydrogen) atoms. The van der Waals surface area contributed by atoms with E-state index in [1.54, 1.807) is 6.92 Å². The number of carboxylic acid groups (broad SMARTS) is 1. The van der Waals surface area contributed by atoms with Crippen LogP contribution in [0.2, 0.25) is 0 Å². The Kier molecular flexibility index (Phi) is 5.45. The highest BCUT2D eigenvalue weighted by Gasteiger charge is 2.28. The molecule has 0 spiro atoms. The molecule has 0 bridgehead atoms. The molecule has 0 heterocycles. The third-order valence-electron chi connectivity index (χ3n) is 3.10. The second-order valence-electron chi connectivity index (χ2n) is 5.41. The van der Waals surface area contributed by atoms with Gasteiger partial charge in [0, 0.05) is 13.1 Å². The monoisotopic (exact) mass is 244 g/mol. The molecule has 0 aliphatic heterocycles. The standard InChI is InChI=1S/C12H24N2O3/c1-7-9(10(15)16)14(6)11(17)13-8(2)12(3,4)5/h8-9H,7H2,1-6H3,(H,13,17)(H,15,16). The predicted octanol–water partition coefficient (Wildman–Crippen LogP) is 1.93. The van der Waals surface area contributed by atoms with Crippen LogP contribution in [-0.4, -0.2) is 41.1 Å². The average molecular weight is 244 g/mol. The summed E-state index contributed by atoms with van der Waals surface area (Å²) in [4.78, 5) is 24.0. The molecular formula is C12H24N2O3. The van der Waals surface area contributed by atoms with E-state index in [0.29, 0.717) is 6.42 Å². The van der Waals surface area contributed by atoms with Gasteiger partial charge in [0.15, 0.2) is 0 Å². The number of amides is 2. The summed E-state index contributed by atoms with van der Waals surface area (Å²) < 4.78 is 0. The predicted molar refractivity (Wildman–Crippen MR) is 66.9 cm³/mol. The van der Waals surface area contributed by atoms with Gasteiger partial charge in [0.1, 0.15) is 6.04 Å². The van der Waals surface area contributed by atoms with Crippen molar-refractivity contribution in [1.29, 1.82) is 0 Å². The molecule has 0 rings (SSSR count). The molecule has 5 heteroatoms. The summed E-state index contributed by atoms with van der Waals surface area (Å²) in [7, 11) is 1.51. The SMILES string of the molecule is CCC(C(=O)O)N(C)C(=O)NC(C)C(C)(C)C. The van der Waals surface area contributed by atoms with Crippen molar-refractivity contribution in [2.24, 2.45) is 5.41 Å². The Morgan fingerprint density at radius 3 is 2.12 bits per heavy atom. The van der Waals surface area contributed by atoms with E-state index < -0.39 is 12.0 Å². The van der Waals surface area contributed by atoms with Crippen molar-refractivity contribution in [2.45, 2.75) is 53.1 Å². The fourth-order valence-corrected chi connectivity index (χ4v) is 1.26. The molecule has 0 fully saturated rings. The van der Waals surface area contributed by atoms with Crippen molar-refractivity contribution in [3.8, 4) is 0 Å². The van der Waals surface area contributed by atoms with Crippen LogP contribution in [0.5, 0.6) is 0 Å². The molecule has 2 unspecified atom stereocenters. The number of carbonyl (C=O) groups is 2. The van der Waals surface area contributed by atoms with Gasteiger partial charge in [-0.15, -0.1) is 0 Å². The number of rotatable bonds is 4. The van der Waals surface area contributed by atoms with Crippen LogP contribution in [0.4, 0.5) is 4.79 Å². The van der Waals surface area contributed by atoms with E-state index in [0.717, 1.165) is 0 Å². The lowest BCUT2D eigenvalue weighted by Gasteiger charge is -2.31. The fourth-order valence-electron chi connectivity index (χ4n) is 1.26. The lowest BCUT2D eigenvalue weighted by atomic mass is 9.88. The lowest BCUT2D eigenvalue weighted by molar-refractivity contribution is -0.141. The molecule has 0 aromatic carbocycles. The van der Waals surface area contributed by atoms with Crippen LogP contribution >= 0.6 is 0 Å². The number of carboxylic acids is 1. The Labute approximate surface area is 103 Å². The second kappa shape index (κ2) is 5.89. The van der Waals surface area contributed by atoms with Crippen LogP contribution in [-0.2, 0) is 4.79 Å². The van der Waals surface area contributed by atoms with Crippen molar-refractivity contribution < 1.29 is 14.7 Å². The minimum atomic E-state index is -0.978. The minimum absolute atomic E-state index is 0.0243. The molecule has 2 N–H and O–H groups in total. The quantitative estimate of drug-likeness (QED) is 0.793. The third-order valence-corrected chi connectivity index (χ3v) is 3.10. The van der Waals surface area contributed by atoms with Gasteiger partial charge in [0.2, 0.25) is 0 Å². The summed E-state index contributed by atoms with van der Waals surface area (Å²) in [6.45, 7) is 9.72. The van der Waals surface area contributed by atoms with Crippen LogP contribution in [0.1, 0.15) is 41.0 Å². The van der Waals surface area contributed by atoms with Crippen molar-refractivity contribution in [3.05, 3.63) is 0 Å². The number of urea groups is 1. The van der Waals surface area contributed by atoms with Crippen molar-refractivity contribution in [3.63, 3.8) is 0 Å². The Bertz CT molecular complexity index is 284. The first-order valence-electron chi connectivity index (χ1n) is 5.87. The molecule has 0 saturated carbocycles. The smallest absolute Gasteiger partial charge is 0.326 e. The van der Waals surface area contributed by atoms with Crippen LogP contribution in [0.25, 0.3) is 0 Å². The second-order valence-corrected chi connectivity index (χ2v) is 5.41. The van der Waals surface area contributed by atoms with Gasteiger partial charge in [0.25, 0.3) is 0 Å². The Balaban J connectivity index is 4.56. The maximum absolute atomic E-state index is 11.9. The maximum atomic E-state index is 11.9. The highest BCUT2D eigenvalue weighted by atomic mass is 16.4. The first kappa shape index (κ1) is 15.7. The fraction of sp³-hybridized carbons (Fsp3) is 0.833. The van der Waals surface area contributed by atoms with Gasteiger partial charge in [-0.3, -0.25) is 0 Å². The Hall–Kier alpha value is -1.26. The number of nitrogens with one attached hydrogen (secondary N) is 1. The molecule has 0 aromatic rings. The van der Waals surface area contributed by atoms with Gasteiger partial charge >= 0.3 is 12.0 Å². The van der Waals surface area contributed by atoms with Gasteiger partial charge in [-0.25, -0.2) is 9.59 Å². The Morgan fingerprint density at radius 2 is 1.82 bits per heavy atom. The first-order chi connectivity index (χ1) is 7.61. The summed E-state index contributed by atoms with van der Waals surface area (Å²) in [5.41, 5.74) is -0.0541. The van der Waals surface area contributed by atoms with Gasteiger partial charge in [0.05, 0.1) is 0 Å². The van der Waals surface area contributed by atoms with E-state index in [1.165, 1.54) is 11.9 Å². The van der Waals surface area contributed by atoms with Gasteiger partial charge in [-0.2, -0.15) is 0 Å². The Morgan fingerprint density at radius 1 is 1.35 bits per heavy atom. The molecular weight excluding hydrogens is 220 g/mol. The number of nitrogens with zero attached hydrogens (tertiary/aromatic N) is 1. The number of aliphatic carboxylic acids is 1. The topological polar surface area (TPSA) is 69.6 Å². The van der Waals surface area contributed by atoms with E-state index in [-0.39, 0.29) is 17.5 Å². The van der Waals surface area contributed by atoms with Crippen LogP contribution in [0, 0.1) is 5.41 Å². The molecule has 2 amide bonds. The lowest BCUT2D eigenvalue weighted by Crippen LogP contribution is -2.51. The summed E-state index contributed by atoms with van der Waals surface area (Å²) in [6.07, 6.45) is 0.392. The number of hydrogen-bond acceptors (Lipinski definition) is 2. The van der Waals surface area contributed by atoms with Crippen LogP contribution < -0.4 is 5.32 Å². The van der Waals surface area contributed by atoms with Gasteiger partial charge in [-0.1, -0.05) is 27.7 Å². The summed E-state index contributed by atoms with van der Waals surface area (Å²) in [5, 5.41) is 11.8. The normalized spacial score (nSPS) is 14.9. The number of hydrogen-bond donors (Lipinski definition) is 2. The first-order valence-corrected chi connectivity index (χ1v) is 5.87. The minimum Gasteiger partial charge on any atom is -0.480 e. The van der Waals surface area contributed by atoms with E-state index in [2.05, 4.69) is 5.32 Å². The zero-order valence-electron chi connectivity index (χ0n) is 11.6. The third kappa shape index (κ3) is 4.63. The number of likely N-dealkylation sites (N-methyl/N-ethyl adjacent to an activating group) is 1. The molecule has 0 aliphatic carbocycles. The summed E-state index contributed by atoms with van der Waals surface area (Å²) >= 11 is 0. The van der Waals surface area contributed by atoms with E-state index in [4.69, 9.17) is 5.11 Å². The largest absolute Gasteiger partial charge is 0.480 e. The highest BCUT2D eigenvalue weighted by Crippen LogP contribution is 2.18. The van der Waals surface area contributed by atoms with Crippen molar-refractivity contribution in [1.82, 2.24) is 10.2 Å². The molecule has 0 aliphatic rings. The van der Waals surface area contributed by atoms with Crippen molar-refractivity contribution >= 4 is 12.0 Å². The molecule has 2 atom stereocenters. The van der Waals surface area contributed by atoms with Gasteiger partial charge < -0.3 is 15.3 Å². The van der Waals surface area contributed by atoms with E-state index >= 15 is 0 Å². The van der Waals surface area contributed by atoms with Crippen LogP contribution in [0.3, 0.4) is 0 Å². The van der Waals surface area contributed by atoms with E-state index in [9.17, 15) is 9.59 Å². The zero-order chi connectivity index (χ0) is 13.8. The van der Waals surface area contributed by atoms with Crippen molar-refractivity contribution in [2.75, 3.05) is 7.05 Å². The summed E-state index contributed by atoms with van der Waals surface area (Å²) in [5.74, 6) is -0.978. The zero-order valence-corrected chi connectivity index (χ0v) is 11.6. The van der Waals surface area contributed by atoms with Gasteiger partial charge in [-0.05, 0) is 18.8 Å². The van der Waals surface area contributed by atoms with E-state index in [1.807, 2.05) is 27.7 Å². The molecule has 0 radical (unpaired) electrons. The molecule has 100 valence electrons. The van der Waals surface area contributed by atoms with Crippen LogP contribution in [0.15, 0.2) is 0 Å². The molecule has 0 aromatic heterocycles. The summed E-state index contributed by atoms with van der Waals surface area (Å²) in [6, 6.07) is -1.15. The maximum Gasteiger partial charge on any atom is 0.326 e.